The fraction of sp³-hybridized carbons (Fsp3) is 0.115. The Morgan fingerprint density at radius 3 is 2.57 bits per heavy atom. The van der Waals surface area contributed by atoms with E-state index in [1.807, 2.05) is 6.07 Å². The van der Waals surface area contributed by atoms with Crippen molar-refractivity contribution in [3.05, 3.63) is 95.5 Å². The summed E-state index contributed by atoms with van der Waals surface area (Å²) >= 11 is 0. The first-order valence-corrected chi connectivity index (χ1v) is 10.9. The van der Waals surface area contributed by atoms with Crippen molar-refractivity contribution in [2.24, 2.45) is 0 Å². The van der Waals surface area contributed by atoms with Crippen LogP contribution in [0.5, 0.6) is 5.88 Å². The molecule has 0 saturated carbocycles. The Hall–Kier alpha value is -4.53. The van der Waals surface area contributed by atoms with E-state index in [0.29, 0.717) is 22.5 Å². The molecule has 1 unspecified atom stereocenters. The number of nitrogens with zero attached hydrogens (tertiary/aromatic N) is 3. The van der Waals surface area contributed by atoms with E-state index in [0.717, 1.165) is 4.90 Å². The third-order valence-electron chi connectivity index (χ3n) is 5.69. The van der Waals surface area contributed by atoms with Gasteiger partial charge >= 0.3 is 6.03 Å². The summed E-state index contributed by atoms with van der Waals surface area (Å²) < 4.78 is 28.3. The molecule has 2 heterocycles. The van der Waals surface area contributed by atoms with Crippen molar-refractivity contribution in [3.8, 4) is 22.8 Å². The molecule has 1 aliphatic heterocycles. The molecule has 1 aliphatic carbocycles. The number of nitrogens with one attached hydrogen (secondary N) is 1. The maximum Gasteiger partial charge on any atom is 0.329 e. The van der Waals surface area contributed by atoms with Gasteiger partial charge in [0.1, 0.15) is 23.4 Å². The molecule has 5 rings (SSSR count). The van der Waals surface area contributed by atoms with Crippen LogP contribution in [-0.2, 0) is 4.79 Å². The molecule has 9 heteroatoms. The molecule has 0 radical (unpaired) electrons. The number of alkyl halides is 1. The Balaban J connectivity index is 1.54. The normalized spacial score (nSPS) is 18.8. The molecular formula is C26H20F2N4O3. The van der Waals surface area contributed by atoms with E-state index in [9.17, 15) is 23.5 Å². The first kappa shape index (κ1) is 22.3. The molecule has 2 aromatic carbocycles. The van der Waals surface area contributed by atoms with Crippen molar-refractivity contribution in [2.75, 3.05) is 6.54 Å². The smallest absolute Gasteiger partial charge is 0.329 e. The van der Waals surface area contributed by atoms with Gasteiger partial charge < -0.3 is 10.4 Å². The highest BCUT2D eigenvalue weighted by Crippen LogP contribution is 2.34. The van der Waals surface area contributed by atoms with Gasteiger partial charge in [-0.25, -0.2) is 18.3 Å². The Labute approximate surface area is 199 Å². The third-order valence-corrected chi connectivity index (χ3v) is 5.69. The molecule has 7 nitrogen and oxygen atoms in total. The fourth-order valence-electron chi connectivity index (χ4n) is 3.98. The Bertz CT molecular complexity index is 1390. The third kappa shape index (κ3) is 4.35. The van der Waals surface area contributed by atoms with E-state index in [1.165, 1.54) is 41.1 Å². The number of amides is 3. The number of hydrogen-bond donors (Lipinski definition) is 2. The SMILES string of the molecule is O=C1N/C(=C\c2c(-c3ccccc3)nn(-c3ccc(F)cc3)c2O)C(=O)N1CC1=CC(F)CC=C1. The van der Waals surface area contributed by atoms with Gasteiger partial charge in [0.15, 0.2) is 0 Å². The monoisotopic (exact) mass is 474 g/mol. The van der Waals surface area contributed by atoms with Crippen molar-refractivity contribution in [1.29, 1.82) is 0 Å². The summed E-state index contributed by atoms with van der Waals surface area (Å²) in [4.78, 5) is 26.5. The van der Waals surface area contributed by atoms with Crippen LogP contribution in [0.1, 0.15) is 12.0 Å². The van der Waals surface area contributed by atoms with Crippen LogP contribution >= 0.6 is 0 Å². The quantitative estimate of drug-likeness (QED) is 0.421. The molecule has 35 heavy (non-hydrogen) atoms. The van der Waals surface area contributed by atoms with Crippen LogP contribution in [0, 0.1) is 5.82 Å². The van der Waals surface area contributed by atoms with Gasteiger partial charge in [-0.2, -0.15) is 5.10 Å². The maximum atomic E-state index is 13.7. The summed E-state index contributed by atoms with van der Waals surface area (Å²) in [5.74, 6) is -1.34. The lowest BCUT2D eigenvalue weighted by Crippen LogP contribution is -2.32. The van der Waals surface area contributed by atoms with Gasteiger partial charge in [0.25, 0.3) is 5.91 Å². The zero-order valence-corrected chi connectivity index (χ0v) is 18.4. The van der Waals surface area contributed by atoms with Crippen LogP contribution in [0.15, 0.2) is 84.1 Å². The zero-order chi connectivity index (χ0) is 24.5. The topological polar surface area (TPSA) is 87.5 Å². The maximum absolute atomic E-state index is 13.7. The average molecular weight is 474 g/mol. The summed E-state index contributed by atoms with van der Waals surface area (Å²) in [7, 11) is 0. The zero-order valence-electron chi connectivity index (χ0n) is 18.4. The van der Waals surface area contributed by atoms with Crippen molar-refractivity contribution >= 4 is 18.0 Å². The summed E-state index contributed by atoms with van der Waals surface area (Å²) in [5.41, 5.74) is 2.09. The molecule has 176 valence electrons. The molecular weight excluding hydrogens is 454 g/mol. The number of hydrogen-bond acceptors (Lipinski definition) is 4. The molecule has 1 fully saturated rings. The number of urea groups is 1. The molecule has 3 aromatic rings. The summed E-state index contributed by atoms with van der Waals surface area (Å²) in [5, 5.41) is 18.0. The Morgan fingerprint density at radius 1 is 1.11 bits per heavy atom. The van der Waals surface area contributed by atoms with E-state index in [2.05, 4.69) is 10.4 Å². The minimum Gasteiger partial charge on any atom is -0.493 e. The second kappa shape index (κ2) is 9.02. The van der Waals surface area contributed by atoms with Gasteiger partial charge in [-0.05, 0) is 42.0 Å². The molecule has 1 aromatic heterocycles. The number of rotatable bonds is 5. The molecule has 0 bridgehead atoms. The predicted octanol–water partition coefficient (Wildman–Crippen LogP) is 4.50. The first-order valence-electron chi connectivity index (χ1n) is 10.9. The number of benzene rings is 2. The van der Waals surface area contributed by atoms with Crippen LogP contribution in [0.4, 0.5) is 13.6 Å². The minimum atomic E-state index is -1.16. The van der Waals surface area contributed by atoms with Gasteiger partial charge in [0.2, 0.25) is 5.88 Å². The largest absolute Gasteiger partial charge is 0.493 e. The molecule has 1 saturated heterocycles. The lowest BCUT2D eigenvalue weighted by Gasteiger charge is -2.15. The fourth-order valence-corrected chi connectivity index (χ4v) is 3.98. The lowest BCUT2D eigenvalue weighted by atomic mass is 10.1. The molecule has 2 aliphatic rings. The average Bonchev–Trinajstić information content (AvgIpc) is 3.31. The summed E-state index contributed by atoms with van der Waals surface area (Å²) in [6.07, 6.45) is 5.18. The van der Waals surface area contributed by atoms with Gasteiger partial charge in [-0.15, -0.1) is 0 Å². The first-order chi connectivity index (χ1) is 16.9. The highest BCUT2D eigenvalue weighted by Gasteiger charge is 2.35. The van der Waals surface area contributed by atoms with Crippen LogP contribution in [0.2, 0.25) is 0 Å². The number of aromatic nitrogens is 2. The Morgan fingerprint density at radius 2 is 1.86 bits per heavy atom. The van der Waals surface area contributed by atoms with Crippen molar-refractivity contribution < 1.29 is 23.5 Å². The van der Waals surface area contributed by atoms with Gasteiger partial charge in [0.05, 0.1) is 17.8 Å². The summed E-state index contributed by atoms with van der Waals surface area (Å²) in [6, 6.07) is 13.8. The van der Waals surface area contributed by atoms with Crippen molar-refractivity contribution in [2.45, 2.75) is 12.6 Å². The van der Waals surface area contributed by atoms with E-state index < -0.39 is 23.9 Å². The van der Waals surface area contributed by atoms with Crippen molar-refractivity contribution in [3.63, 3.8) is 0 Å². The molecule has 2 N–H and O–H groups in total. The van der Waals surface area contributed by atoms with Gasteiger partial charge in [-0.1, -0.05) is 42.5 Å². The molecule has 1 atom stereocenters. The van der Waals surface area contributed by atoms with Crippen LogP contribution in [-0.4, -0.2) is 44.4 Å². The molecule has 3 amide bonds. The summed E-state index contributed by atoms with van der Waals surface area (Å²) in [6.45, 7) is -0.0781. The highest BCUT2D eigenvalue weighted by molar-refractivity contribution is 6.14. The number of aromatic hydroxyl groups is 1. The van der Waals surface area contributed by atoms with Crippen LogP contribution < -0.4 is 5.32 Å². The number of carbonyl (C=O) groups excluding carboxylic acids is 2. The van der Waals surface area contributed by atoms with E-state index in [4.69, 9.17) is 0 Å². The number of halogens is 2. The second-order valence-corrected chi connectivity index (χ2v) is 8.12. The second-order valence-electron chi connectivity index (χ2n) is 8.12. The van der Waals surface area contributed by atoms with E-state index in [1.54, 1.807) is 36.4 Å². The van der Waals surface area contributed by atoms with Gasteiger partial charge in [0, 0.05) is 12.0 Å². The number of allylic oxidation sites excluding steroid dienone is 2. The number of carbonyl (C=O) groups is 2. The van der Waals surface area contributed by atoms with Crippen LogP contribution in [0.25, 0.3) is 23.0 Å². The van der Waals surface area contributed by atoms with Gasteiger partial charge in [-0.3, -0.25) is 9.69 Å². The van der Waals surface area contributed by atoms with E-state index >= 15 is 0 Å². The minimum absolute atomic E-state index is 0.0571. The standard InChI is InChI=1S/C26H20F2N4O3/c27-18-9-11-20(12-10-18)32-24(33)21(23(30-32)17-6-2-1-3-7-17)14-22-25(34)31(26(35)29-22)15-16-5-4-8-19(28)13-16/h1-7,9-14,19,33H,8,15H2,(H,29,35)/b22-14-. The highest BCUT2D eigenvalue weighted by atomic mass is 19.1. The predicted molar refractivity (Wildman–Crippen MR) is 126 cm³/mol. The number of imide groups is 1. The lowest BCUT2D eigenvalue weighted by molar-refractivity contribution is -0.122. The van der Waals surface area contributed by atoms with Crippen LogP contribution in [0.3, 0.4) is 0 Å². The molecule has 0 spiro atoms. The Kier molecular flexibility index (Phi) is 5.74. The van der Waals surface area contributed by atoms with Crippen molar-refractivity contribution in [1.82, 2.24) is 20.0 Å². The van der Waals surface area contributed by atoms with E-state index in [-0.39, 0.29) is 30.1 Å².